The van der Waals surface area contributed by atoms with E-state index in [0.29, 0.717) is 25.5 Å². The van der Waals surface area contributed by atoms with E-state index in [-0.39, 0.29) is 0 Å². The van der Waals surface area contributed by atoms with E-state index in [1.54, 1.807) is 0 Å². The molecule has 0 saturated carbocycles. The van der Waals surface area contributed by atoms with Crippen LogP contribution >= 0.6 is 0 Å². The highest BCUT2D eigenvalue weighted by atomic mass is 16.5. The van der Waals surface area contributed by atoms with Gasteiger partial charge in [0, 0.05) is 13.2 Å². The molecule has 0 spiro atoms. The Morgan fingerprint density at radius 2 is 2.36 bits per heavy atom. The van der Waals surface area contributed by atoms with Crippen molar-refractivity contribution in [2.75, 3.05) is 19.8 Å². The Balaban J connectivity index is 2.95. The van der Waals surface area contributed by atoms with Gasteiger partial charge in [0.25, 0.3) is 0 Å². The van der Waals surface area contributed by atoms with Gasteiger partial charge in [-0.25, -0.2) is 0 Å². The van der Waals surface area contributed by atoms with Crippen LogP contribution in [0, 0.1) is 5.92 Å². The molecular formula is C8H17NO2. The SMILES string of the molecule is CCC(C)COCCNC=O. The van der Waals surface area contributed by atoms with Crippen LogP contribution in [0.25, 0.3) is 0 Å². The molecule has 0 saturated heterocycles. The zero-order chi connectivity index (χ0) is 8.53. The van der Waals surface area contributed by atoms with Gasteiger partial charge in [-0.3, -0.25) is 4.79 Å². The van der Waals surface area contributed by atoms with Crippen molar-refractivity contribution in [2.24, 2.45) is 5.92 Å². The second kappa shape index (κ2) is 7.54. The molecule has 0 radical (unpaired) electrons. The van der Waals surface area contributed by atoms with Gasteiger partial charge in [-0.1, -0.05) is 20.3 Å². The predicted molar refractivity (Wildman–Crippen MR) is 44.3 cm³/mol. The number of hydrogen-bond acceptors (Lipinski definition) is 2. The van der Waals surface area contributed by atoms with E-state index in [0.717, 1.165) is 13.0 Å². The molecule has 0 heterocycles. The maximum atomic E-state index is 9.79. The third kappa shape index (κ3) is 7.33. The molecule has 0 aromatic rings. The van der Waals surface area contributed by atoms with Crippen molar-refractivity contribution >= 4 is 6.41 Å². The van der Waals surface area contributed by atoms with Crippen LogP contribution in [0.5, 0.6) is 0 Å². The van der Waals surface area contributed by atoms with E-state index in [1.165, 1.54) is 0 Å². The first-order valence-corrected chi connectivity index (χ1v) is 4.06. The summed E-state index contributed by atoms with van der Waals surface area (Å²) in [7, 11) is 0. The standard InChI is InChI=1S/C8H17NO2/c1-3-8(2)6-11-5-4-9-7-10/h7-8H,3-6H2,1-2H3,(H,9,10). The summed E-state index contributed by atoms with van der Waals surface area (Å²) in [6.45, 7) is 6.30. The normalized spacial score (nSPS) is 12.5. The third-order valence-electron chi connectivity index (χ3n) is 1.57. The van der Waals surface area contributed by atoms with Gasteiger partial charge in [-0.2, -0.15) is 0 Å². The lowest BCUT2D eigenvalue weighted by Gasteiger charge is -2.08. The van der Waals surface area contributed by atoms with Crippen molar-refractivity contribution in [2.45, 2.75) is 20.3 Å². The lowest BCUT2D eigenvalue weighted by Crippen LogP contribution is -2.19. The maximum absolute atomic E-state index is 9.79. The molecule has 1 atom stereocenters. The predicted octanol–water partition coefficient (Wildman–Crippen LogP) is 0.795. The summed E-state index contributed by atoms with van der Waals surface area (Å²) < 4.78 is 5.27. The van der Waals surface area contributed by atoms with Crippen LogP contribution < -0.4 is 5.32 Å². The fourth-order valence-corrected chi connectivity index (χ4v) is 0.592. The highest BCUT2D eigenvalue weighted by Crippen LogP contribution is 1.99. The summed E-state index contributed by atoms with van der Waals surface area (Å²) >= 11 is 0. The molecule has 3 nitrogen and oxygen atoms in total. The first-order chi connectivity index (χ1) is 5.31. The Kier molecular flexibility index (Phi) is 7.15. The largest absolute Gasteiger partial charge is 0.379 e. The van der Waals surface area contributed by atoms with Crippen LogP contribution in [-0.2, 0) is 9.53 Å². The van der Waals surface area contributed by atoms with Gasteiger partial charge in [0.2, 0.25) is 6.41 Å². The van der Waals surface area contributed by atoms with Gasteiger partial charge < -0.3 is 10.1 Å². The molecule has 1 unspecified atom stereocenters. The Bertz CT molecular complexity index is 96.1. The van der Waals surface area contributed by atoms with Crippen molar-refractivity contribution < 1.29 is 9.53 Å². The van der Waals surface area contributed by atoms with Crippen LogP contribution in [0.15, 0.2) is 0 Å². The molecule has 3 heteroatoms. The zero-order valence-corrected chi connectivity index (χ0v) is 7.30. The maximum Gasteiger partial charge on any atom is 0.207 e. The number of ether oxygens (including phenoxy) is 1. The van der Waals surface area contributed by atoms with E-state index in [9.17, 15) is 4.79 Å². The van der Waals surface area contributed by atoms with Gasteiger partial charge in [0.15, 0.2) is 0 Å². The molecule has 0 aliphatic heterocycles. The molecule has 0 aliphatic rings. The summed E-state index contributed by atoms with van der Waals surface area (Å²) in [6.07, 6.45) is 1.83. The molecule has 0 aliphatic carbocycles. The van der Waals surface area contributed by atoms with Gasteiger partial charge in [-0.05, 0) is 5.92 Å². The number of hydrogen-bond donors (Lipinski definition) is 1. The summed E-state index contributed by atoms with van der Waals surface area (Å²) in [6, 6.07) is 0. The Labute approximate surface area is 68.1 Å². The Morgan fingerprint density at radius 1 is 1.64 bits per heavy atom. The first-order valence-electron chi connectivity index (χ1n) is 4.06. The quantitative estimate of drug-likeness (QED) is 0.440. The monoisotopic (exact) mass is 159 g/mol. The number of amides is 1. The minimum Gasteiger partial charge on any atom is -0.379 e. The molecule has 0 rings (SSSR count). The van der Waals surface area contributed by atoms with Gasteiger partial charge in [0.05, 0.1) is 6.61 Å². The minimum atomic E-state index is 0.611. The van der Waals surface area contributed by atoms with Crippen molar-refractivity contribution in [3.63, 3.8) is 0 Å². The molecule has 0 bridgehead atoms. The van der Waals surface area contributed by atoms with Crippen LogP contribution in [0.3, 0.4) is 0 Å². The van der Waals surface area contributed by atoms with Crippen molar-refractivity contribution in [1.82, 2.24) is 5.32 Å². The van der Waals surface area contributed by atoms with Gasteiger partial charge >= 0.3 is 0 Å². The van der Waals surface area contributed by atoms with Gasteiger partial charge in [0.1, 0.15) is 0 Å². The van der Waals surface area contributed by atoms with Crippen LogP contribution in [0.2, 0.25) is 0 Å². The Morgan fingerprint density at radius 3 is 2.91 bits per heavy atom. The van der Waals surface area contributed by atoms with Crippen LogP contribution in [-0.4, -0.2) is 26.2 Å². The molecule has 1 amide bonds. The summed E-state index contributed by atoms with van der Waals surface area (Å²) in [5, 5.41) is 2.53. The highest BCUT2D eigenvalue weighted by molar-refractivity contribution is 5.45. The topological polar surface area (TPSA) is 38.3 Å². The van der Waals surface area contributed by atoms with E-state index in [1.807, 2.05) is 0 Å². The summed E-state index contributed by atoms with van der Waals surface area (Å²) in [5.74, 6) is 0.617. The zero-order valence-electron chi connectivity index (χ0n) is 7.30. The third-order valence-corrected chi connectivity index (χ3v) is 1.57. The molecule has 0 aromatic carbocycles. The lowest BCUT2D eigenvalue weighted by molar-refractivity contribution is -0.109. The second-order valence-electron chi connectivity index (χ2n) is 2.66. The van der Waals surface area contributed by atoms with Crippen LogP contribution in [0.1, 0.15) is 20.3 Å². The minimum absolute atomic E-state index is 0.611. The smallest absolute Gasteiger partial charge is 0.207 e. The summed E-state index contributed by atoms with van der Waals surface area (Å²) in [4.78, 5) is 9.79. The summed E-state index contributed by atoms with van der Waals surface area (Å²) in [5.41, 5.74) is 0. The van der Waals surface area contributed by atoms with E-state index in [4.69, 9.17) is 4.74 Å². The average Bonchev–Trinajstić information content (AvgIpc) is 2.04. The van der Waals surface area contributed by atoms with E-state index in [2.05, 4.69) is 19.2 Å². The second-order valence-corrected chi connectivity index (χ2v) is 2.66. The fraction of sp³-hybridized carbons (Fsp3) is 0.875. The lowest BCUT2D eigenvalue weighted by atomic mass is 10.1. The van der Waals surface area contributed by atoms with Crippen LogP contribution in [0.4, 0.5) is 0 Å². The average molecular weight is 159 g/mol. The highest BCUT2D eigenvalue weighted by Gasteiger charge is 1.96. The number of rotatable bonds is 7. The van der Waals surface area contributed by atoms with E-state index >= 15 is 0 Å². The molecule has 11 heavy (non-hydrogen) atoms. The van der Waals surface area contributed by atoms with Crippen molar-refractivity contribution in [3.05, 3.63) is 0 Å². The van der Waals surface area contributed by atoms with Crippen molar-refractivity contribution in [3.8, 4) is 0 Å². The number of nitrogens with one attached hydrogen (secondary N) is 1. The molecular weight excluding hydrogens is 142 g/mol. The molecule has 0 fully saturated rings. The molecule has 66 valence electrons. The molecule has 1 N–H and O–H groups in total. The van der Waals surface area contributed by atoms with Gasteiger partial charge in [-0.15, -0.1) is 0 Å². The van der Waals surface area contributed by atoms with E-state index < -0.39 is 0 Å². The van der Waals surface area contributed by atoms with Crippen molar-refractivity contribution in [1.29, 1.82) is 0 Å². The Hall–Kier alpha value is -0.570. The first kappa shape index (κ1) is 10.4. The molecule has 0 aromatic heterocycles. The number of carbonyl (C=O) groups is 1. The number of carbonyl (C=O) groups excluding carboxylic acids is 1. The fourth-order valence-electron chi connectivity index (χ4n) is 0.592.